The standard InChI is InChI=1S/C23H31NO5S/c1-15-4-6-20(7-5-15)30(27,28)24(3)14-21(25)29-16(2)22(26)23-11-17-8-18(12-23)10-19(9-17)13-23/h4-7,16-19H,8-14H2,1-3H3/t16-,17?,18?,19?,23?/m1/s1. The Hall–Kier alpha value is -1.73. The van der Waals surface area contributed by atoms with Crippen molar-refractivity contribution in [1.29, 1.82) is 0 Å². The third-order valence-electron chi connectivity index (χ3n) is 7.32. The zero-order valence-corrected chi connectivity index (χ0v) is 18.8. The number of carbonyl (C=O) groups is 2. The summed E-state index contributed by atoms with van der Waals surface area (Å²) in [7, 11) is -2.45. The molecule has 164 valence electrons. The number of hydrogen-bond acceptors (Lipinski definition) is 5. The molecule has 6 nitrogen and oxygen atoms in total. The fourth-order valence-electron chi connectivity index (χ4n) is 6.29. The molecule has 0 saturated heterocycles. The lowest BCUT2D eigenvalue weighted by Crippen LogP contribution is -2.53. The molecular formula is C23H31NO5S. The van der Waals surface area contributed by atoms with E-state index in [9.17, 15) is 18.0 Å². The average molecular weight is 434 g/mol. The van der Waals surface area contributed by atoms with E-state index in [2.05, 4.69) is 0 Å². The van der Waals surface area contributed by atoms with Gasteiger partial charge in [0.1, 0.15) is 6.54 Å². The Balaban J connectivity index is 1.38. The monoisotopic (exact) mass is 433 g/mol. The number of likely N-dealkylation sites (N-methyl/N-ethyl adjacent to an activating group) is 1. The van der Waals surface area contributed by atoms with Crippen LogP contribution in [-0.4, -0.2) is 44.2 Å². The lowest BCUT2D eigenvalue weighted by atomic mass is 9.48. The van der Waals surface area contributed by atoms with Crippen LogP contribution >= 0.6 is 0 Å². The molecule has 0 N–H and O–H groups in total. The minimum Gasteiger partial charge on any atom is -0.454 e. The van der Waals surface area contributed by atoms with Gasteiger partial charge in [0, 0.05) is 12.5 Å². The van der Waals surface area contributed by atoms with Gasteiger partial charge in [-0.15, -0.1) is 0 Å². The van der Waals surface area contributed by atoms with Crippen molar-refractivity contribution >= 4 is 21.8 Å². The summed E-state index contributed by atoms with van der Waals surface area (Å²) < 4.78 is 31.8. The summed E-state index contributed by atoms with van der Waals surface area (Å²) in [5.74, 6) is 1.23. The molecule has 4 aliphatic rings. The van der Waals surface area contributed by atoms with E-state index >= 15 is 0 Å². The number of nitrogens with zero attached hydrogens (tertiary/aromatic N) is 1. The number of sulfonamides is 1. The molecule has 1 atom stereocenters. The second-order valence-corrected chi connectivity index (χ2v) is 11.8. The van der Waals surface area contributed by atoms with E-state index in [0.717, 1.165) is 29.1 Å². The second-order valence-electron chi connectivity index (χ2n) is 9.77. The van der Waals surface area contributed by atoms with Gasteiger partial charge in [-0.1, -0.05) is 17.7 Å². The summed E-state index contributed by atoms with van der Waals surface area (Å²) >= 11 is 0. The molecule has 0 unspecified atom stereocenters. The van der Waals surface area contributed by atoms with Gasteiger partial charge in [0.2, 0.25) is 10.0 Å². The molecule has 4 saturated carbocycles. The van der Waals surface area contributed by atoms with Gasteiger partial charge < -0.3 is 4.74 Å². The molecule has 4 fully saturated rings. The molecule has 4 bridgehead atoms. The largest absolute Gasteiger partial charge is 0.454 e. The molecule has 30 heavy (non-hydrogen) atoms. The van der Waals surface area contributed by atoms with E-state index in [-0.39, 0.29) is 16.1 Å². The van der Waals surface area contributed by atoms with Gasteiger partial charge in [-0.2, -0.15) is 4.31 Å². The Labute approximate surface area is 179 Å². The van der Waals surface area contributed by atoms with E-state index in [1.807, 2.05) is 6.92 Å². The average Bonchev–Trinajstić information content (AvgIpc) is 2.66. The number of hydrogen-bond donors (Lipinski definition) is 0. The minimum absolute atomic E-state index is 0.0268. The first-order valence-electron chi connectivity index (χ1n) is 10.9. The molecule has 7 heteroatoms. The van der Waals surface area contributed by atoms with Gasteiger partial charge in [-0.25, -0.2) is 8.42 Å². The molecule has 0 radical (unpaired) electrons. The first kappa shape index (κ1) is 21.5. The number of Topliss-reactive ketones (excluding diaryl/α,β-unsaturated/α-hetero) is 1. The minimum atomic E-state index is -3.80. The van der Waals surface area contributed by atoms with Crippen LogP contribution in [-0.2, 0) is 24.3 Å². The van der Waals surface area contributed by atoms with Crippen LogP contribution in [0.25, 0.3) is 0 Å². The molecule has 0 amide bonds. The van der Waals surface area contributed by atoms with Crippen molar-refractivity contribution in [2.45, 2.75) is 63.4 Å². The number of aryl methyl sites for hydroxylation is 1. The highest BCUT2D eigenvalue weighted by molar-refractivity contribution is 7.89. The van der Waals surface area contributed by atoms with E-state index in [4.69, 9.17) is 4.74 Å². The normalized spacial score (nSPS) is 31.0. The van der Waals surface area contributed by atoms with Gasteiger partial charge in [-0.05, 0) is 82.3 Å². The molecule has 5 rings (SSSR count). The van der Waals surface area contributed by atoms with Crippen LogP contribution in [0, 0.1) is 30.1 Å². The Kier molecular flexibility index (Phi) is 5.56. The van der Waals surface area contributed by atoms with E-state index in [1.54, 1.807) is 19.1 Å². The lowest BCUT2D eigenvalue weighted by Gasteiger charge is -2.56. The number of ketones is 1. The Morgan fingerprint density at radius 1 is 1.07 bits per heavy atom. The van der Waals surface area contributed by atoms with E-state index in [1.165, 1.54) is 38.4 Å². The zero-order valence-electron chi connectivity index (χ0n) is 18.0. The molecule has 0 aliphatic heterocycles. The predicted molar refractivity (Wildman–Crippen MR) is 112 cm³/mol. The molecule has 0 spiro atoms. The molecule has 1 aromatic carbocycles. The second kappa shape index (κ2) is 7.75. The topological polar surface area (TPSA) is 80.8 Å². The Morgan fingerprint density at radius 3 is 2.07 bits per heavy atom. The van der Waals surface area contributed by atoms with Crippen molar-refractivity contribution < 1.29 is 22.7 Å². The van der Waals surface area contributed by atoms with Crippen LogP contribution in [0.4, 0.5) is 0 Å². The van der Waals surface area contributed by atoms with Crippen LogP contribution in [0.2, 0.25) is 0 Å². The van der Waals surface area contributed by atoms with E-state index < -0.39 is 28.6 Å². The zero-order chi connectivity index (χ0) is 21.7. The maximum absolute atomic E-state index is 13.3. The number of ether oxygens (including phenoxy) is 1. The van der Waals surface area contributed by atoms with Crippen LogP contribution in [0.3, 0.4) is 0 Å². The maximum Gasteiger partial charge on any atom is 0.321 e. The van der Waals surface area contributed by atoms with E-state index in [0.29, 0.717) is 17.8 Å². The first-order valence-corrected chi connectivity index (χ1v) is 12.3. The molecule has 1 aromatic rings. The highest BCUT2D eigenvalue weighted by Gasteiger charge is 2.55. The fraction of sp³-hybridized carbons (Fsp3) is 0.652. The highest BCUT2D eigenvalue weighted by Crippen LogP contribution is 2.60. The van der Waals surface area contributed by atoms with Crippen molar-refractivity contribution in [2.24, 2.45) is 23.2 Å². The fourth-order valence-corrected chi connectivity index (χ4v) is 7.40. The number of esters is 1. The van der Waals surface area contributed by atoms with Gasteiger partial charge in [0.05, 0.1) is 4.90 Å². The van der Waals surface area contributed by atoms with Crippen LogP contribution in [0.15, 0.2) is 29.2 Å². The van der Waals surface area contributed by atoms with Gasteiger partial charge in [0.15, 0.2) is 11.9 Å². The van der Waals surface area contributed by atoms with Crippen molar-refractivity contribution in [3.8, 4) is 0 Å². The van der Waals surface area contributed by atoms with Gasteiger partial charge >= 0.3 is 5.97 Å². The molecular weight excluding hydrogens is 402 g/mol. The summed E-state index contributed by atoms with van der Waals surface area (Å²) in [6.45, 7) is 3.08. The quantitative estimate of drug-likeness (QED) is 0.616. The summed E-state index contributed by atoms with van der Waals surface area (Å²) in [6.07, 6.45) is 5.63. The van der Waals surface area contributed by atoms with Crippen LogP contribution < -0.4 is 0 Å². The third kappa shape index (κ3) is 3.94. The first-order chi connectivity index (χ1) is 14.1. The van der Waals surface area contributed by atoms with Crippen LogP contribution in [0.5, 0.6) is 0 Å². The number of carbonyl (C=O) groups excluding carboxylic acids is 2. The maximum atomic E-state index is 13.3. The van der Waals surface area contributed by atoms with Crippen molar-refractivity contribution in [1.82, 2.24) is 4.31 Å². The smallest absolute Gasteiger partial charge is 0.321 e. The predicted octanol–water partition coefficient (Wildman–Crippen LogP) is 3.33. The van der Waals surface area contributed by atoms with Gasteiger partial charge in [-0.3, -0.25) is 9.59 Å². The summed E-state index contributed by atoms with van der Waals surface area (Å²) in [6, 6.07) is 6.47. The van der Waals surface area contributed by atoms with Gasteiger partial charge in [0.25, 0.3) is 0 Å². The van der Waals surface area contributed by atoms with Crippen molar-refractivity contribution in [2.75, 3.05) is 13.6 Å². The third-order valence-corrected chi connectivity index (χ3v) is 9.14. The number of benzene rings is 1. The molecule has 4 aliphatic carbocycles. The molecule has 0 aromatic heterocycles. The lowest BCUT2D eigenvalue weighted by molar-refractivity contribution is -0.164. The summed E-state index contributed by atoms with van der Waals surface area (Å²) in [5.41, 5.74) is 0.613. The Bertz CT molecular complexity index is 902. The summed E-state index contributed by atoms with van der Waals surface area (Å²) in [5, 5.41) is 0. The Morgan fingerprint density at radius 2 is 1.57 bits per heavy atom. The van der Waals surface area contributed by atoms with Crippen molar-refractivity contribution in [3.05, 3.63) is 29.8 Å². The summed E-state index contributed by atoms with van der Waals surface area (Å²) in [4.78, 5) is 25.8. The highest BCUT2D eigenvalue weighted by atomic mass is 32.2. The number of rotatable bonds is 7. The molecule has 0 heterocycles. The SMILES string of the molecule is Cc1ccc(S(=O)(=O)N(C)CC(=O)O[C@H](C)C(=O)C23CC4CC(CC(C4)C2)C3)cc1. The van der Waals surface area contributed by atoms with Crippen LogP contribution in [0.1, 0.15) is 51.0 Å². The van der Waals surface area contributed by atoms with Crippen molar-refractivity contribution in [3.63, 3.8) is 0 Å².